The van der Waals surface area contributed by atoms with Crippen LogP contribution in [0.3, 0.4) is 0 Å². The van der Waals surface area contributed by atoms with Gasteiger partial charge < -0.3 is 0 Å². The minimum Gasteiger partial charge on any atom is -0.253 e. The molecule has 3 heteroatoms. The monoisotopic (exact) mass is 288 g/mol. The van der Waals surface area contributed by atoms with Gasteiger partial charge in [-0.1, -0.05) is 39.0 Å². The van der Waals surface area contributed by atoms with Crippen molar-refractivity contribution in [2.24, 2.45) is 22.7 Å². The lowest BCUT2D eigenvalue weighted by Crippen LogP contribution is -2.58. The van der Waals surface area contributed by atoms with E-state index in [1.54, 1.807) is 12.1 Å². The van der Waals surface area contributed by atoms with Crippen LogP contribution in [0, 0.1) is 28.5 Å². The van der Waals surface area contributed by atoms with Crippen LogP contribution in [0.5, 0.6) is 0 Å². The van der Waals surface area contributed by atoms with Crippen molar-refractivity contribution >= 4 is 0 Å². The second-order valence-electron chi connectivity index (χ2n) is 8.02. The summed E-state index contributed by atoms with van der Waals surface area (Å²) in [5.41, 5.74) is 8.51. The smallest absolute Gasteiger partial charge is 0.128 e. The van der Waals surface area contributed by atoms with Crippen molar-refractivity contribution in [2.75, 3.05) is 0 Å². The SMILES string of the molecule is CC1(C)[C@@H]2CC[C@]1(C)C1NNC(c3ccccc3F)CC12. The highest BCUT2D eigenvalue weighted by molar-refractivity contribution is 5.24. The lowest BCUT2D eigenvalue weighted by atomic mass is 9.69. The Morgan fingerprint density at radius 2 is 1.90 bits per heavy atom. The van der Waals surface area contributed by atoms with Crippen LogP contribution in [0.4, 0.5) is 4.39 Å². The number of benzene rings is 1. The Hall–Kier alpha value is -0.930. The van der Waals surface area contributed by atoms with E-state index in [9.17, 15) is 4.39 Å². The molecular weight excluding hydrogens is 263 g/mol. The van der Waals surface area contributed by atoms with E-state index in [0.29, 0.717) is 22.8 Å². The molecule has 2 bridgehead atoms. The predicted molar refractivity (Wildman–Crippen MR) is 81.9 cm³/mol. The van der Waals surface area contributed by atoms with Crippen molar-refractivity contribution in [3.8, 4) is 0 Å². The number of hydrazine groups is 1. The Kier molecular flexibility index (Phi) is 2.81. The molecule has 0 spiro atoms. The minimum absolute atomic E-state index is 0.0891. The summed E-state index contributed by atoms with van der Waals surface area (Å²) in [5.74, 6) is 1.32. The third kappa shape index (κ3) is 1.65. The first-order chi connectivity index (χ1) is 9.95. The van der Waals surface area contributed by atoms with Crippen LogP contribution in [0.15, 0.2) is 24.3 Å². The third-order valence-electron chi connectivity index (χ3n) is 7.21. The summed E-state index contributed by atoms with van der Waals surface area (Å²) in [4.78, 5) is 0. The van der Waals surface area contributed by atoms with E-state index in [1.165, 1.54) is 12.8 Å². The number of fused-ring (bicyclic) bond motifs is 5. The van der Waals surface area contributed by atoms with Gasteiger partial charge in [0.15, 0.2) is 0 Å². The first-order valence-corrected chi connectivity index (χ1v) is 8.20. The van der Waals surface area contributed by atoms with Crippen molar-refractivity contribution in [3.05, 3.63) is 35.6 Å². The third-order valence-corrected chi connectivity index (χ3v) is 7.21. The van der Waals surface area contributed by atoms with E-state index in [1.807, 2.05) is 12.1 Å². The van der Waals surface area contributed by atoms with Crippen LogP contribution in [-0.4, -0.2) is 6.04 Å². The fourth-order valence-electron chi connectivity index (χ4n) is 5.62. The molecule has 3 aliphatic rings. The van der Waals surface area contributed by atoms with Gasteiger partial charge in [-0.2, -0.15) is 0 Å². The summed E-state index contributed by atoms with van der Waals surface area (Å²) in [6, 6.07) is 7.78. The van der Waals surface area contributed by atoms with Crippen LogP contribution < -0.4 is 10.9 Å². The number of halogens is 1. The second kappa shape index (κ2) is 4.30. The molecule has 1 aromatic carbocycles. The van der Waals surface area contributed by atoms with Crippen molar-refractivity contribution < 1.29 is 4.39 Å². The molecule has 0 radical (unpaired) electrons. The summed E-state index contributed by atoms with van der Waals surface area (Å²) in [7, 11) is 0. The lowest BCUT2D eigenvalue weighted by Gasteiger charge is -2.45. The molecule has 2 saturated carbocycles. The molecule has 3 fully saturated rings. The highest BCUT2D eigenvalue weighted by Crippen LogP contribution is 2.69. The van der Waals surface area contributed by atoms with Gasteiger partial charge in [-0.25, -0.2) is 9.82 Å². The van der Waals surface area contributed by atoms with Gasteiger partial charge >= 0.3 is 0 Å². The summed E-state index contributed by atoms with van der Waals surface area (Å²) < 4.78 is 14.1. The fraction of sp³-hybridized carbons (Fsp3) is 0.667. The Morgan fingerprint density at radius 3 is 2.67 bits per heavy atom. The summed E-state index contributed by atoms with van der Waals surface area (Å²) in [5, 5.41) is 0. The molecule has 1 aliphatic heterocycles. The van der Waals surface area contributed by atoms with Crippen LogP contribution in [-0.2, 0) is 0 Å². The summed E-state index contributed by atoms with van der Waals surface area (Å²) in [6.45, 7) is 7.31. The van der Waals surface area contributed by atoms with Gasteiger partial charge in [-0.05, 0) is 48.0 Å². The van der Waals surface area contributed by atoms with E-state index < -0.39 is 0 Å². The largest absolute Gasteiger partial charge is 0.253 e. The molecule has 3 unspecified atom stereocenters. The molecule has 2 aliphatic carbocycles. The minimum atomic E-state index is -0.0936. The molecule has 1 heterocycles. The predicted octanol–water partition coefficient (Wildman–Crippen LogP) is 3.81. The number of hydrogen-bond donors (Lipinski definition) is 2. The second-order valence-corrected chi connectivity index (χ2v) is 8.02. The molecule has 0 aromatic heterocycles. The van der Waals surface area contributed by atoms with Crippen molar-refractivity contribution in [1.29, 1.82) is 0 Å². The quantitative estimate of drug-likeness (QED) is 0.821. The van der Waals surface area contributed by atoms with Crippen LogP contribution in [0.1, 0.15) is 51.6 Å². The van der Waals surface area contributed by atoms with Gasteiger partial charge in [-0.3, -0.25) is 5.43 Å². The molecule has 1 saturated heterocycles. The normalized spacial score (nSPS) is 43.8. The molecule has 0 amide bonds. The van der Waals surface area contributed by atoms with Crippen molar-refractivity contribution in [3.63, 3.8) is 0 Å². The zero-order chi connectivity index (χ0) is 14.8. The molecule has 114 valence electrons. The fourth-order valence-corrected chi connectivity index (χ4v) is 5.62. The Morgan fingerprint density at radius 1 is 1.14 bits per heavy atom. The maximum atomic E-state index is 14.1. The Bertz CT molecular complexity index is 570. The van der Waals surface area contributed by atoms with E-state index in [4.69, 9.17) is 0 Å². The maximum Gasteiger partial charge on any atom is 0.128 e. The molecular formula is C18H25FN2. The van der Waals surface area contributed by atoms with E-state index in [2.05, 4.69) is 31.6 Å². The van der Waals surface area contributed by atoms with Gasteiger partial charge in [0.1, 0.15) is 5.82 Å². The van der Waals surface area contributed by atoms with E-state index in [-0.39, 0.29) is 11.9 Å². The summed E-state index contributed by atoms with van der Waals surface area (Å²) >= 11 is 0. The average Bonchev–Trinajstić information content (AvgIpc) is 2.79. The first kappa shape index (κ1) is 13.7. The Labute approximate surface area is 126 Å². The van der Waals surface area contributed by atoms with Gasteiger partial charge in [0.25, 0.3) is 0 Å². The highest BCUT2D eigenvalue weighted by atomic mass is 19.1. The number of nitrogens with one attached hydrogen (secondary N) is 2. The lowest BCUT2D eigenvalue weighted by molar-refractivity contribution is 0.0799. The van der Waals surface area contributed by atoms with Crippen LogP contribution in [0.25, 0.3) is 0 Å². The summed E-state index contributed by atoms with van der Waals surface area (Å²) in [6.07, 6.45) is 3.68. The standard InChI is InChI=1S/C18H25FN2/c1-17(2)13-8-9-18(17,3)16-12(13)10-15(20-21-16)11-6-4-5-7-14(11)19/h4-7,12-13,15-16,20-21H,8-10H2,1-3H3/t12?,13-,15?,16?,18-/m1/s1. The molecule has 21 heavy (non-hydrogen) atoms. The van der Waals surface area contributed by atoms with Gasteiger partial charge in [0.2, 0.25) is 0 Å². The maximum absolute atomic E-state index is 14.1. The number of hydrogen-bond acceptors (Lipinski definition) is 2. The first-order valence-electron chi connectivity index (χ1n) is 8.20. The average molecular weight is 288 g/mol. The van der Waals surface area contributed by atoms with Crippen LogP contribution >= 0.6 is 0 Å². The zero-order valence-electron chi connectivity index (χ0n) is 13.1. The van der Waals surface area contributed by atoms with E-state index in [0.717, 1.165) is 17.9 Å². The Balaban J connectivity index is 1.64. The van der Waals surface area contributed by atoms with Gasteiger partial charge in [-0.15, -0.1) is 0 Å². The topological polar surface area (TPSA) is 24.1 Å². The molecule has 1 aromatic rings. The van der Waals surface area contributed by atoms with Crippen molar-refractivity contribution in [1.82, 2.24) is 10.9 Å². The molecule has 5 atom stereocenters. The molecule has 2 nitrogen and oxygen atoms in total. The van der Waals surface area contributed by atoms with Gasteiger partial charge in [0, 0.05) is 17.6 Å². The molecule has 2 N–H and O–H groups in total. The van der Waals surface area contributed by atoms with Gasteiger partial charge in [0.05, 0.1) is 0 Å². The molecule has 4 rings (SSSR count). The number of rotatable bonds is 1. The van der Waals surface area contributed by atoms with Crippen LogP contribution in [0.2, 0.25) is 0 Å². The zero-order valence-corrected chi connectivity index (χ0v) is 13.1. The van der Waals surface area contributed by atoms with Crippen molar-refractivity contribution in [2.45, 2.75) is 52.1 Å². The highest BCUT2D eigenvalue weighted by Gasteiger charge is 2.66. The van der Waals surface area contributed by atoms with E-state index >= 15 is 0 Å².